The summed E-state index contributed by atoms with van der Waals surface area (Å²) >= 11 is 0. The Balaban J connectivity index is 4.34. The van der Waals surface area contributed by atoms with Crippen LogP contribution in [-0.2, 0) is 32.7 Å². The number of carbonyl (C=O) groups is 2. The van der Waals surface area contributed by atoms with Crippen molar-refractivity contribution in [2.24, 2.45) is 5.73 Å². The van der Waals surface area contributed by atoms with Crippen LogP contribution in [0.5, 0.6) is 0 Å². The molecule has 276 valence electrons. The number of phosphoric ester groups is 1. The highest BCUT2D eigenvalue weighted by atomic mass is 31.2. The number of aliphatic carboxylic acids is 1. The highest BCUT2D eigenvalue weighted by Gasteiger charge is 2.27. The van der Waals surface area contributed by atoms with Gasteiger partial charge in [-0.05, 0) is 44.9 Å². The zero-order valence-corrected chi connectivity index (χ0v) is 30.5. The van der Waals surface area contributed by atoms with Crippen LogP contribution in [0.4, 0.5) is 0 Å². The van der Waals surface area contributed by atoms with Crippen LogP contribution in [0, 0.1) is 0 Å². The number of allylic oxidation sites excluding steroid dienone is 4. The van der Waals surface area contributed by atoms with E-state index >= 15 is 0 Å². The van der Waals surface area contributed by atoms with Gasteiger partial charge in [-0.2, -0.15) is 0 Å². The first-order chi connectivity index (χ1) is 22.7. The van der Waals surface area contributed by atoms with Crippen molar-refractivity contribution in [3.63, 3.8) is 0 Å². The minimum atomic E-state index is -4.61. The quantitative estimate of drug-likeness (QED) is 0.0254. The second-order valence-corrected chi connectivity index (χ2v) is 13.8. The van der Waals surface area contributed by atoms with Crippen LogP contribution in [-0.4, -0.2) is 60.5 Å². The van der Waals surface area contributed by atoms with Crippen LogP contribution in [0.15, 0.2) is 24.3 Å². The van der Waals surface area contributed by atoms with Crippen molar-refractivity contribution >= 4 is 19.8 Å². The predicted molar refractivity (Wildman–Crippen MR) is 189 cm³/mol. The van der Waals surface area contributed by atoms with Crippen LogP contribution >= 0.6 is 7.82 Å². The van der Waals surface area contributed by atoms with Crippen LogP contribution in [0.3, 0.4) is 0 Å². The van der Waals surface area contributed by atoms with Gasteiger partial charge in [0.1, 0.15) is 12.1 Å². The van der Waals surface area contributed by atoms with Gasteiger partial charge >= 0.3 is 19.8 Å². The maximum Gasteiger partial charge on any atom is 0.472 e. The first-order valence-electron chi connectivity index (χ1n) is 18.4. The lowest BCUT2D eigenvalue weighted by atomic mass is 10.1. The summed E-state index contributed by atoms with van der Waals surface area (Å²) in [5.74, 6) is -1.79. The second kappa shape index (κ2) is 33.0. The maximum absolute atomic E-state index is 12.5. The fourth-order valence-electron chi connectivity index (χ4n) is 4.81. The number of carboxylic acids is 1. The van der Waals surface area contributed by atoms with Gasteiger partial charge in [0.25, 0.3) is 0 Å². The maximum atomic E-state index is 12.5. The largest absolute Gasteiger partial charge is 0.480 e. The molecule has 0 fully saturated rings. The smallest absolute Gasteiger partial charge is 0.472 e. The van der Waals surface area contributed by atoms with E-state index in [0.29, 0.717) is 13.0 Å². The van der Waals surface area contributed by atoms with Gasteiger partial charge < -0.3 is 25.2 Å². The number of unbranched alkanes of at least 4 members (excludes halogenated alkanes) is 17. The molecule has 0 radical (unpaired) electrons. The molecule has 0 amide bonds. The number of carbonyl (C=O) groups excluding carboxylic acids is 1. The van der Waals surface area contributed by atoms with E-state index in [1.165, 1.54) is 70.6 Å². The van der Waals surface area contributed by atoms with Crippen molar-refractivity contribution < 1.29 is 42.7 Å². The summed E-state index contributed by atoms with van der Waals surface area (Å²) in [5, 5.41) is 8.85. The average molecular weight is 690 g/mol. The fourth-order valence-corrected chi connectivity index (χ4v) is 5.59. The van der Waals surface area contributed by atoms with Crippen molar-refractivity contribution in [1.82, 2.24) is 0 Å². The molecule has 0 aliphatic carbocycles. The Bertz CT molecular complexity index is 852. The number of rotatable bonds is 35. The van der Waals surface area contributed by atoms with E-state index in [-0.39, 0.29) is 13.0 Å². The van der Waals surface area contributed by atoms with E-state index < -0.39 is 45.1 Å². The Labute approximate surface area is 285 Å². The molecule has 0 spiro atoms. The average Bonchev–Trinajstić information content (AvgIpc) is 3.04. The van der Waals surface area contributed by atoms with Gasteiger partial charge in [0.15, 0.2) is 0 Å². The number of hydrogen-bond acceptors (Lipinski definition) is 8. The van der Waals surface area contributed by atoms with Crippen LogP contribution in [0.2, 0.25) is 0 Å². The third-order valence-corrected chi connectivity index (χ3v) is 8.68. The van der Waals surface area contributed by atoms with E-state index in [1.54, 1.807) is 0 Å². The van der Waals surface area contributed by atoms with E-state index in [0.717, 1.165) is 57.8 Å². The summed E-state index contributed by atoms with van der Waals surface area (Å²) in [6.45, 7) is 3.81. The van der Waals surface area contributed by atoms with E-state index in [1.807, 2.05) is 0 Å². The number of hydrogen-bond donors (Lipinski definition) is 3. The first kappa shape index (κ1) is 45.5. The molecule has 4 N–H and O–H groups in total. The third kappa shape index (κ3) is 32.8. The summed E-state index contributed by atoms with van der Waals surface area (Å²) < 4.78 is 33.1. The number of esters is 1. The Morgan fingerprint density at radius 1 is 0.681 bits per heavy atom. The molecule has 3 unspecified atom stereocenters. The monoisotopic (exact) mass is 689 g/mol. The number of carboxylic acid groups (broad SMARTS) is 1. The molecular weight excluding hydrogens is 621 g/mol. The van der Waals surface area contributed by atoms with Gasteiger partial charge in [0.05, 0.1) is 19.8 Å². The lowest BCUT2D eigenvalue weighted by Gasteiger charge is -2.20. The van der Waals surface area contributed by atoms with Gasteiger partial charge in [0.2, 0.25) is 0 Å². The van der Waals surface area contributed by atoms with Crippen molar-refractivity contribution in [3.05, 3.63) is 24.3 Å². The summed E-state index contributed by atoms with van der Waals surface area (Å²) in [6.07, 6.45) is 32.3. The molecule has 3 atom stereocenters. The molecule has 0 aliphatic heterocycles. The van der Waals surface area contributed by atoms with Gasteiger partial charge in [-0.25, -0.2) is 4.57 Å². The molecule has 0 aromatic heterocycles. The Morgan fingerprint density at radius 2 is 1.17 bits per heavy atom. The Morgan fingerprint density at radius 3 is 1.77 bits per heavy atom. The van der Waals surface area contributed by atoms with Gasteiger partial charge in [-0.15, -0.1) is 0 Å². The molecule has 11 heteroatoms. The van der Waals surface area contributed by atoms with Crippen molar-refractivity contribution in [3.8, 4) is 0 Å². The Hall–Kier alpha value is -1.55. The van der Waals surface area contributed by atoms with Gasteiger partial charge in [0, 0.05) is 13.0 Å². The summed E-state index contributed by atoms with van der Waals surface area (Å²) in [7, 11) is -4.61. The Kier molecular flexibility index (Phi) is 31.9. The van der Waals surface area contributed by atoms with Crippen molar-refractivity contribution in [2.45, 2.75) is 167 Å². The highest BCUT2D eigenvalue weighted by molar-refractivity contribution is 7.47. The van der Waals surface area contributed by atoms with Crippen molar-refractivity contribution in [2.75, 3.05) is 26.4 Å². The van der Waals surface area contributed by atoms with Crippen LogP contribution in [0.1, 0.15) is 155 Å². The fraction of sp³-hybridized carbons (Fsp3) is 0.833. The highest BCUT2D eigenvalue weighted by Crippen LogP contribution is 2.43. The predicted octanol–water partition coefficient (Wildman–Crippen LogP) is 9.19. The molecule has 0 saturated heterocycles. The lowest BCUT2D eigenvalue weighted by molar-refractivity contribution is -0.154. The topological polar surface area (TPSA) is 155 Å². The summed E-state index contributed by atoms with van der Waals surface area (Å²) in [5.41, 5.74) is 5.33. The summed E-state index contributed by atoms with van der Waals surface area (Å²) in [6, 6.07) is -1.47. The van der Waals surface area contributed by atoms with Crippen LogP contribution in [0.25, 0.3) is 0 Å². The molecule has 0 aliphatic rings. The molecule has 0 aromatic rings. The molecule has 0 bridgehead atoms. The molecular formula is C36H68NO9P. The second-order valence-electron chi connectivity index (χ2n) is 12.4. The molecule has 0 saturated carbocycles. The van der Waals surface area contributed by atoms with E-state index in [4.69, 9.17) is 24.8 Å². The molecule has 10 nitrogen and oxygen atoms in total. The number of phosphoric acid groups is 1. The third-order valence-electron chi connectivity index (χ3n) is 7.73. The first-order valence-corrected chi connectivity index (χ1v) is 19.9. The minimum absolute atomic E-state index is 0.0139. The zero-order valence-electron chi connectivity index (χ0n) is 29.6. The van der Waals surface area contributed by atoms with Gasteiger partial charge in [-0.1, -0.05) is 128 Å². The van der Waals surface area contributed by atoms with Crippen molar-refractivity contribution in [1.29, 1.82) is 0 Å². The zero-order chi connectivity index (χ0) is 34.9. The summed E-state index contributed by atoms with van der Waals surface area (Å²) in [4.78, 5) is 33.3. The molecule has 0 aromatic carbocycles. The minimum Gasteiger partial charge on any atom is -0.480 e. The number of ether oxygens (including phenoxy) is 2. The standard InChI is InChI=1S/C36H68NO9P/c1-3-5-7-9-11-13-15-16-17-18-19-20-22-24-26-28-35(38)46-33(31-44-47(41,42)45-32-34(37)36(39)40)30-43-29-27-25-23-21-14-12-10-8-6-4-2/h11,13,16-17,33-34H,3-10,12,14-15,18-32,37H2,1-2H3,(H,39,40)(H,41,42)/b13-11-,17-16-. The van der Waals surface area contributed by atoms with E-state index in [9.17, 15) is 19.0 Å². The molecule has 0 rings (SSSR count). The normalized spacial score (nSPS) is 14.5. The SMILES string of the molecule is CCCCC/C=C\C/C=C\CCCCCCCC(=O)OC(COCCCCCCCCCCCC)COP(=O)(O)OCC(N)C(=O)O. The van der Waals surface area contributed by atoms with Crippen LogP contribution < -0.4 is 5.73 Å². The van der Waals surface area contributed by atoms with Gasteiger partial charge in [-0.3, -0.25) is 18.6 Å². The van der Waals surface area contributed by atoms with E-state index in [2.05, 4.69) is 42.7 Å². The molecule has 47 heavy (non-hydrogen) atoms. The lowest BCUT2D eigenvalue weighted by Crippen LogP contribution is -2.34. The number of nitrogens with two attached hydrogens (primary N) is 1. The molecule has 0 heterocycles.